The minimum atomic E-state index is -0.254. The molecule has 0 atom stereocenters. The SMILES string of the molecule is CCOc1ccc(NC(=O)c2ccn(C)n2)cc1CCl. The summed E-state index contributed by atoms with van der Waals surface area (Å²) in [5.74, 6) is 0.802. The van der Waals surface area contributed by atoms with E-state index < -0.39 is 0 Å². The quantitative estimate of drug-likeness (QED) is 0.863. The molecule has 2 rings (SSSR count). The number of rotatable bonds is 5. The number of carbonyl (C=O) groups is 1. The van der Waals surface area contributed by atoms with Crippen LogP contribution in [0.5, 0.6) is 5.75 Å². The highest BCUT2D eigenvalue weighted by molar-refractivity contribution is 6.17. The Morgan fingerprint density at radius 1 is 1.45 bits per heavy atom. The molecule has 0 saturated heterocycles. The van der Waals surface area contributed by atoms with Gasteiger partial charge in [-0.25, -0.2) is 0 Å². The number of halogens is 1. The van der Waals surface area contributed by atoms with Crippen LogP contribution in [0, 0.1) is 0 Å². The highest BCUT2D eigenvalue weighted by Gasteiger charge is 2.10. The van der Waals surface area contributed by atoms with Crippen molar-refractivity contribution in [3.05, 3.63) is 41.7 Å². The first kappa shape index (κ1) is 14.4. The van der Waals surface area contributed by atoms with Crippen molar-refractivity contribution in [3.8, 4) is 5.75 Å². The fourth-order valence-corrected chi connectivity index (χ4v) is 2.00. The third-order valence-electron chi connectivity index (χ3n) is 2.71. The summed E-state index contributed by atoms with van der Waals surface area (Å²) in [6.45, 7) is 2.48. The fraction of sp³-hybridized carbons (Fsp3) is 0.286. The van der Waals surface area contributed by atoms with Gasteiger partial charge in [-0.05, 0) is 31.2 Å². The molecule has 2 aromatic rings. The largest absolute Gasteiger partial charge is 0.494 e. The monoisotopic (exact) mass is 293 g/mol. The van der Waals surface area contributed by atoms with Gasteiger partial charge in [-0.3, -0.25) is 9.48 Å². The van der Waals surface area contributed by atoms with E-state index in [-0.39, 0.29) is 5.91 Å². The van der Waals surface area contributed by atoms with E-state index >= 15 is 0 Å². The molecule has 6 heteroatoms. The van der Waals surface area contributed by atoms with Crippen LogP contribution in [0.3, 0.4) is 0 Å². The Balaban J connectivity index is 2.15. The number of hydrogen-bond acceptors (Lipinski definition) is 3. The van der Waals surface area contributed by atoms with Gasteiger partial charge in [0.25, 0.3) is 5.91 Å². The number of anilines is 1. The first-order valence-electron chi connectivity index (χ1n) is 6.26. The Bertz CT molecular complexity index is 610. The summed E-state index contributed by atoms with van der Waals surface area (Å²) < 4.78 is 7.04. The van der Waals surface area contributed by atoms with Crippen molar-refractivity contribution >= 4 is 23.2 Å². The van der Waals surface area contributed by atoms with Gasteiger partial charge in [0.05, 0.1) is 12.5 Å². The highest BCUT2D eigenvalue weighted by Crippen LogP contribution is 2.24. The van der Waals surface area contributed by atoms with Crippen molar-refractivity contribution < 1.29 is 9.53 Å². The van der Waals surface area contributed by atoms with Crippen molar-refractivity contribution in [2.24, 2.45) is 7.05 Å². The molecule has 1 aromatic heterocycles. The van der Waals surface area contributed by atoms with Crippen molar-refractivity contribution in [3.63, 3.8) is 0 Å². The number of hydrogen-bond donors (Lipinski definition) is 1. The van der Waals surface area contributed by atoms with Gasteiger partial charge >= 0.3 is 0 Å². The number of alkyl halides is 1. The van der Waals surface area contributed by atoms with Gasteiger partial charge in [-0.1, -0.05) is 0 Å². The predicted molar refractivity (Wildman–Crippen MR) is 78.3 cm³/mol. The number of benzene rings is 1. The van der Waals surface area contributed by atoms with E-state index in [1.165, 1.54) is 0 Å². The van der Waals surface area contributed by atoms with Gasteiger partial charge in [-0.15, -0.1) is 11.6 Å². The van der Waals surface area contributed by atoms with E-state index in [1.807, 2.05) is 6.92 Å². The molecule has 0 aliphatic rings. The highest BCUT2D eigenvalue weighted by atomic mass is 35.5. The minimum absolute atomic E-state index is 0.254. The van der Waals surface area contributed by atoms with Gasteiger partial charge in [-0.2, -0.15) is 5.10 Å². The van der Waals surface area contributed by atoms with E-state index in [0.717, 1.165) is 11.3 Å². The molecule has 1 N–H and O–H groups in total. The Hall–Kier alpha value is -2.01. The lowest BCUT2D eigenvalue weighted by molar-refractivity contribution is 0.102. The molecule has 0 spiro atoms. The Morgan fingerprint density at radius 2 is 2.25 bits per heavy atom. The summed E-state index contributed by atoms with van der Waals surface area (Å²) in [5.41, 5.74) is 1.88. The number of aryl methyl sites for hydroxylation is 1. The van der Waals surface area contributed by atoms with Crippen molar-refractivity contribution in [2.75, 3.05) is 11.9 Å². The van der Waals surface area contributed by atoms with Gasteiger partial charge in [0.1, 0.15) is 5.75 Å². The maximum atomic E-state index is 12.0. The van der Waals surface area contributed by atoms with Crippen LogP contribution in [0.25, 0.3) is 0 Å². The summed E-state index contributed by atoms with van der Waals surface area (Å²) in [5, 5.41) is 6.84. The molecular weight excluding hydrogens is 278 g/mol. The Kier molecular flexibility index (Phi) is 4.63. The van der Waals surface area contributed by atoms with E-state index in [9.17, 15) is 4.79 Å². The molecule has 106 valence electrons. The molecule has 0 aliphatic carbocycles. The van der Waals surface area contributed by atoms with Crippen LogP contribution < -0.4 is 10.1 Å². The number of nitrogens with zero attached hydrogens (tertiary/aromatic N) is 2. The van der Waals surface area contributed by atoms with Crippen LogP contribution >= 0.6 is 11.6 Å². The molecule has 0 fully saturated rings. The topological polar surface area (TPSA) is 56.1 Å². The first-order valence-corrected chi connectivity index (χ1v) is 6.80. The second-order valence-corrected chi connectivity index (χ2v) is 4.49. The summed E-state index contributed by atoms with van der Waals surface area (Å²) in [6.07, 6.45) is 1.72. The Labute approximate surface area is 122 Å². The standard InChI is InChI=1S/C14H16ClN3O2/c1-3-20-13-5-4-11(8-10(13)9-15)16-14(19)12-6-7-18(2)17-12/h4-8H,3,9H2,1-2H3,(H,16,19). The van der Waals surface area contributed by atoms with Gasteiger partial charge in [0.2, 0.25) is 0 Å². The number of nitrogens with one attached hydrogen (secondary N) is 1. The second kappa shape index (κ2) is 6.43. The summed E-state index contributed by atoms with van der Waals surface area (Å²) >= 11 is 5.89. The molecule has 0 saturated carbocycles. The summed E-state index contributed by atoms with van der Waals surface area (Å²) in [6, 6.07) is 7.04. The number of aromatic nitrogens is 2. The smallest absolute Gasteiger partial charge is 0.276 e. The second-order valence-electron chi connectivity index (χ2n) is 4.22. The molecule has 0 unspecified atom stereocenters. The van der Waals surface area contributed by atoms with Crippen molar-refractivity contribution in [2.45, 2.75) is 12.8 Å². The lowest BCUT2D eigenvalue weighted by atomic mass is 10.2. The molecule has 20 heavy (non-hydrogen) atoms. The molecule has 5 nitrogen and oxygen atoms in total. The third kappa shape index (κ3) is 3.30. The number of amides is 1. The average molecular weight is 294 g/mol. The van der Waals surface area contributed by atoms with Crippen LogP contribution in [0.1, 0.15) is 23.0 Å². The average Bonchev–Trinajstić information content (AvgIpc) is 2.87. The summed E-state index contributed by atoms with van der Waals surface area (Å²) in [4.78, 5) is 12.0. The summed E-state index contributed by atoms with van der Waals surface area (Å²) in [7, 11) is 1.76. The van der Waals surface area contributed by atoms with Gasteiger partial charge in [0.15, 0.2) is 5.69 Å². The van der Waals surface area contributed by atoms with E-state index in [2.05, 4.69) is 10.4 Å². The van der Waals surface area contributed by atoms with Gasteiger partial charge in [0, 0.05) is 24.5 Å². The zero-order valence-corrected chi connectivity index (χ0v) is 12.1. The Morgan fingerprint density at radius 3 is 2.85 bits per heavy atom. The van der Waals surface area contributed by atoms with Crippen LogP contribution in [0.15, 0.2) is 30.5 Å². The maximum absolute atomic E-state index is 12.0. The molecular formula is C14H16ClN3O2. The van der Waals surface area contributed by atoms with Crippen LogP contribution in [-0.4, -0.2) is 22.3 Å². The predicted octanol–water partition coefficient (Wildman–Crippen LogP) is 2.81. The number of ether oxygens (including phenoxy) is 1. The molecule has 1 heterocycles. The van der Waals surface area contributed by atoms with E-state index in [0.29, 0.717) is 23.9 Å². The lowest BCUT2D eigenvalue weighted by Crippen LogP contribution is -2.13. The number of carbonyl (C=O) groups excluding carboxylic acids is 1. The molecule has 0 radical (unpaired) electrons. The third-order valence-corrected chi connectivity index (χ3v) is 3.00. The molecule has 1 aromatic carbocycles. The van der Waals surface area contributed by atoms with E-state index in [4.69, 9.17) is 16.3 Å². The van der Waals surface area contributed by atoms with Crippen LogP contribution in [0.4, 0.5) is 5.69 Å². The maximum Gasteiger partial charge on any atom is 0.276 e. The van der Waals surface area contributed by atoms with Crippen molar-refractivity contribution in [1.29, 1.82) is 0 Å². The van der Waals surface area contributed by atoms with Gasteiger partial charge < -0.3 is 10.1 Å². The zero-order valence-electron chi connectivity index (χ0n) is 11.4. The van der Waals surface area contributed by atoms with Crippen LogP contribution in [-0.2, 0) is 12.9 Å². The molecule has 0 aliphatic heterocycles. The normalized spacial score (nSPS) is 10.3. The molecule has 1 amide bonds. The van der Waals surface area contributed by atoms with Crippen LogP contribution in [0.2, 0.25) is 0 Å². The van der Waals surface area contributed by atoms with Crippen molar-refractivity contribution in [1.82, 2.24) is 9.78 Å². The fourth-order valence-electron chi connectivity index (χ4n) is 1.79. The van der Waals surface area contributed by atoms with E-state index in [1.54, 1.807) is 42.2 Å². The lowest BCUT2D eigenvalue weighted by Gasteiger charge is -2.10. The first-order chi connectivity index (χ1) is 9.63. The molecule has 0 bridgehead atoms. The minimum Gasteiger partial charge on any atom is -0.494 e. The zero-order chi connectivity index (χ0) is 14.5.